The largest absolute Gasteiger partial charge is 0.497 e. The molecule has 2 heterocycles. The van der Waals surface area contributed by atoms with E-state index in [-0.39, 0.29) is 11.3 Å². The molecule has 1 aromatic carbocycles. The number of carbonyl (C=O) groups excluding carboxylic acids is 1. The number of fused-ring (bicyclic) bond motifs is 2. The molecule has 0 saturated carbocycles. The van der Waals surface area contributed by atoms with Crippen molar-refractivity contribution in [1.29, 1.82) is 0 Å². The van der Waals surface area contributed by atoms with Crippen LogP contribution < -0.4 is 4.74 Å². The fourth-order valence-corrected chi connectivity index (χ4v) is 4.04. The van der Waals surface area contributed by atoms with Crippen molar-refractivity contribution in [2.45, 2.75) is 11.3 Å². The highest BCUT2D eigenvalue weighted by Crippen LogP contribution is 2.43. The summed E-state index contributed by atoms with van der Waals surface area (Å²) in [6.45, 7) is 0.606. The Morgan fingerprint density at radius 1 is 1.53 bits per heavy atom. The predicted octanol–water partition coefficient (Wildman–Crippen LogP) is 1.39. The van der Waals surface area contributed by atoms with E-state index >= 15 is 0 Å². The molecule has 2 unspecified atom stereocenters. The Bertz CT molecular complexity index is 560. The lowest BCUT2D eigenvalue weighted by Crippen LogP contribution is -2.45. The van der Waals surface area contributed by atoms with Crippen molar-refractivity contribution in [3.05, 3.63) is 29.3 Å². The van der Waals surface area contributed by atoms with Crippen LogP contribution in [0.3, 0.4) is 0 Å². The number of amides is 1. The number of carboxylic acids is 1. The molecule has 1 fully saturated rings. The third-order valence-corrected chi connectivity index (χ3v) is 4.85. The molecule has 6 heteroatoms. The van der Waals surface area contributed by atoms with E-state index in [2.05, 4.69) is 0 Å². The summed E-state index contributed by atoms with van der Waals surface area (Å²) < 4.78 is 5.11. The first-order valence-corrected chi connectivity index (χ1v) is 7.01. The minimum atomic E-state index is -0.886. The third kappa shape index (κ3) is 1.78. The highest BCUT2D eigenvalue weighted by Gasteiger charge is 2.46. The second-order valence-electron chi connectivity index (χ2n) is 4.53. The van der Waals surface area contributed by atoms with Crippen LogP contribution in [-0.2, 0) is 4.79 Å². The van der Waals surface area contributed by atoms with Gasteiger partial charge in [-0.1, -0.05) is 6.07 Å². The Kier molecular flexibility index (Phi) is 2.89. The summed E-state index contributed by atoms with van der Waals surface area (Å²) in [4.78, 5) is 25.6. The Hall–Kier alpha value is -1.69. The zero-order chi connectivity index (χ0) is 13.6. The SMILES string of the molecule is COc1ccc2c(c1)C(=O)N1CCSC1C2C(=O)O. The predicted molar refractivity (Wildman–Crippen MR) is 70.7 cm³/mol. The lowest BCUT2D eigenvalue weighted by Gasteiger charge is -2.35. The fourth-order valence-electron chi connectivity index (χ4n) is 2.66. The van der Waals surface area contributed by atoms with Crippen LogP contribution in [0.1, 0.15) is 21.8 Å². The number of ether oxygens (including phenoxy) is 1. The van der Waals surface area contributed by atoms with Crippen LogP contribution in [0.2, 0.25) is 0 Å². The van der Waals surface area contributed by atoms with E-state index in [1.54, 1.807) is 23.1 Å². The van der Waals surface area contributed by atoms with Crippen LogP contribution in [0.25, 0.3) is 0 Å². The maximum atomic E-state index is 12.4. The topological polar surface area (TPSA) is 66.8 Å². The van der Waals surface area contributed by atoms with Gasteiger partial charge in [0.05, 0.1) is 12.5 Å². The Balaban J connectivity index is 2.16. The highest BCUT2D eigenvalue weighted by molar-refractivity contribution is 8.00. The van der Waals surface area contributed by atoms with Crippen LogP contribution in [0.5, 0.6) is 5.75 Å². The summed E-state index contributed by atoms with van der Waals surface area (Å²) in [5, 5.41) is 9.18. The van der Waals surface area contributed by atoms with Gasteiger partial charge < -0.3 is 14.7 Å². The van der Waals surface area contributed by atoms with E-state index in [1.165, 1.54) is 18.9 Å². The summed E-state index contributed by atoms with van der Waals surface area (Å²) in [6, 6.07) is 5.03. The summed E-state index contributed by atoms with van der Waals surface area (Å²) in [5.74, 6) is -0.289. The average molecular weight is 279 g/mol. The lowest BCUT2D eigenvalue weighted by atomic mass is 9.89. The molecule has 1 aromatic rings. The molecular formula is C13H13NO4S. The van der Waals surface area contributed by atoms with Gasteiger partial charge in [-0.3, -0.25) is 9.59 Å². The summed E-state index contributed by atoms with van der Waals surface area (Å²) in [5.41, 5.74) is 1.04. The van der Waals surface area contributed by atoms with E-state index in [1.807, 2.05) is 0 Å². The molecule has 0 aliphatic carbocycles. The van der Waals surface area contributed by atoms with Gasteiger partial charge in [-0.2, -0.15) is 0 Å². The van der Waals surface area contributed by atoms with Gasteiger partial charge in [0.1, 0.15) is 11.7 Å². The van der Waals surface area contributed by atoms with Gasteiger partial charge >= 0.3 is 5.97 Å². The van der Waals surface area contributed by atoms with Crippen LogP contribution >= 0.6 is 11.8 Å². The average Bonchev–Trinajstić information content (AvgIpc) is 2.87. The first-order valence-electron chi connectivity index (χ1n) is 5.97. The quantitative estimate of drug-likeness (QED) is 0.886. The number of thioether (sulfide) groups is 1. The molecule has 0 aromatic heterocycles. The summed E-state index contributed by atoms with van der Waals surface area (Å²) in [6.07, 6.45) is 0. The Morgan fingerprint density at radius 2 is 2.32 bits per heavy atom. The van der Waals surface area contributed by atoms with E-state index in [0.717, 1.165) is 5.75 Å². The van der Waals surface area contributed by atoms with Gasteiger partial charge in [-0.15, -0.1) is 11.8 Å². The second kappa shape index (κ2) is 4.45. The molecule has 1 amide bonds. The maximum Gasteiger partial charge on any atom is 0.314 e. The standard InChI is InChI=1S/C13H13NO4S/c1-18-7-2-3-8-9(6-7)11(15)14-4-5-19-12(14)10(8)13(16)17/h2-3,6,10,12H,4-5H2,1H3,(H,16,17). The molecule has 2 aliphatic heterocycles. The zero-order valence-electron chi connectivity index (χ0n) is 10.3. The van der Waals surface area contributed by atoms with E-state index in [0.29, 0.717) is 23.4 Å². The van der Waals surface area contributed by atoms with Gasteiger partial charge in [0.2, 0.25) is 0 Å². The van der Waals surface area contributed by atoms with Crippen LogP contribution in [0.4, 0.5) is 0 Å². The van der Waals surface area contributed by atoms with Gasteiger partial charge in [-0.25, -0.2) is 0 Å². The molecule has 0 spiro atoms. The summed E-state index contributed by atoms with van der Waals surface area (Å²) in [7, 11) is 1.53. The number of carboxylic acid groups (broad SMARTS) is 1. The number of methoxy groups -OCH3 is 1. The maximum absolute atomic E-state index is 12.4. The molecule has 3 rings (SSSR count). The van der Waals surface area contributed by atoms with Crippen molar-refractivity contribution in [3.8, 4) is 5.75 Å². The van der Waals surface area contributed by atoms with Crippen LogP contribution in [0, 0.1) is 0 Å². The molecule has 1 N–H and O–H groups in total. The normalized spacial score (nSPS) is 24.9. The van der Waals surface area contributed by atoms with Crippen LogP contribution in [0.15, 0.2) is 18.2 Å². The molecule has 2 aliphatic rings. The lowest BCUT2D eigenvalue weighted by molar-refractivity contribution is -0.139. The van der Waals surface area contributed by atoms with Crippen molar-refractivity contribution in [1.82, 2.24) is 4.90 Å². The Morgan fingerprint density at radius 3 is 3.00 bits per heavy atom. The highest BCUT2D eigenvalue weighted by atomic mass is 32.2. The molecule has 2 atom stereocenters. The minimum absolute atomic E-state index is 0.0959. The number of hydrogen-bond acceptors (Lipinski definition) is 4. The van der Waals surface area contributed by atoms with E-state index < -0.39 is 11.9 Å². The van der Waals surface area contributed by atoms with Crippen molar-refractivity contribution >= 4 is 23.6 Å². The molecule has 0 radical (unpaired) electrons. The third-order valence-electron chi connectivity index (χ3n) is 3.57. The fraction of sp³-hybridized carbons (Fsp3) is 0.385. The van der Waals surface area contributed by atoms with Crippen molar-refractivity contribution < 1.29 is 19.4 Å². The molecule has 19 heavy (non-hydrogen) atoms. The van der Waals surface area contributed by atoms with Gasteiger partial charge in [-0.05, 0) is 17.7 Å². The van der Waals surface area contributed by atoms with Crippen molar-refractivity contribution in [2.75, 3.05) is 19.4 Å². The van der Waals surface area contributed by atoms with Gasteiger partial charge in [0, 0.05) is 17.9 Å². The van der Waals surface area contributed by atoms with Crippen molar-refractivity contribution in [3.63, 3.8) is 0 Å². The van der Waals surface area contributed by atoms with Gasteiger partial charge in [0.15, 0.2) is 0 Å². The second-order valence-corrected chi connectivity index (χ2v) is 5.75. The first-order chi connectivity index (χ1) is 9.13. The number of rotatable bonds is 2. The Labute approximate surface area is 114 Å². The minimum Gasteiger partial charge on any atom is -0.497 e. The van der Waals surface area contributed by atoms with E-state index in [4.69, 9.17) is 4.74 Å². The summed E-state index contributed by atoms with van der Waals surface area (Å²) >= 11 is 1.53. The molecule has 5 nitrogen and oxygen atoms in total. The monoisotopic (exact) mass is 279 g/mol. The van der Waals surface area contributed by atoms with Crippen LogP contribution in [-0.4, -0.2) is 46.7 Å². The van der Waals surface area contributed by atoms with Gasteiger partial charge in [0.25, 0.3) is 5.91 Å². The smallest absolute Gasteiger partial charge is 0.314 e. The number of benzene rings is 1. The number of aliphatic carboxylic acids is 1. The number of hydrogen-bond donors (Lipinski definition) is 1. The van der Waals surface area contributed by atoms with E-state index in [9.17, 15) is 14.7 Å². The number of carbonyl (C=O) groups is 2. The molecule has 100 valence electrons. The zero-order valence-corrected chi connectivity index (χ0v) is 11.1. The molecule has 0 bridgehead atoms. The number of nitrogens with zero attached hydrogens (tertiary/aromatic N) is 1. The molecular weight excluding hydrogens is 266 g/mol. The molecule has 1 saturated heterocycles. The first kappa shape index (κ1) is 12.3. The van der Waals surface area contributed by atoms with Crippen molar-refractivity contribution in [2.24, 2.45) is 0 Å².